The number of ether oxygens (including phenoxy) is 3. The van der Waals surface area contributed by atoms with E-state index in [2.05, 4.69) is 11.7 Å². The maximum Gasteiger partial charge on any atom is 0.432 e. The van der Waals surface area contributed by atoms with Gasteiger partial charge in [0.25, 0.3) is 0 Å². The normalized spacial score (nSPS) is 17.2. The van der Waals surface area contributed by atoms with E-state index < -0.39 is 81.4 Å². The van der Waals surface area contributed by atoms with Gasteiger partial charge in [-0.25, -0.2) is 35.1 Å². The van der Waals surface area contributed by atoms with Crippen LogP contribution in [0.5, 0.6) is 5.75 Å². The van der Waals surface area contributed by atoms with E-state index in [1.54, 1.807) is 6.07 Å². The highest BCUT2D eigenvalue weighted by molar-refractivity contribution is 5.84. The van der Waals surface area contributed by atoms with E-state index in [1.165, 1.54) is 24.3 Å². The van der Waals surface area contributed by atoms with E-state index in [4.69, 9.17) is 9.47 Å². The summed E-state index contributed by atoms with van der Waals surface area (Å²) in [6.07, 6.45) is -1.37. The second kappa shape index (κ2) is 15.0. The van der Waals surface area contributed by atoms with Gasteiger partial charge in [0.15, 0.2) is 35.4 Å². The second-order valence-electron chi connectivity index (χ2n) is 11.4. The summed E-state index contributed by atoms with van der Waals surface area (Å²) in [6, 6.07) is 9.22. The lowest BCUT2D eigenvalue weighted by atomic mass is 10.00. The first kappa shape index (κ1) is 35.9. The van der Waals surface area contributed by atoms with Crippen LogP contribution in [0.2, 0.25) is 0 Å². The molecule has 0 aromatic heterocycles. The van der Waals surface area contributed by atoms with E-state index in [-0.39, 0.29) is 41.3 Å². The molecule has 5 rings (SSSR count). The predicted octanol–water partition coefficient (Wildman–Crippen LogP) is 11.3. The number of benzene rings is 4. The van der Waals surface area contributed by atoms with Crippen LogP contribution in [0.25, 0.3) is 22.8 Å². The lowest BCUT2D eigenvalue weighted by molar-refractivity contribution is -0.206. The number of unbranched alkanes of at least 4 members (excludes halogenated alkanes) is 2. The van der Waals surface area contributed by atoms with Crippen molar-refractivity contribution in [1.82, 2.24) is 0 Å². The van der Waals surface area contributed by atoms with Crippen molar-refractivity contribution in [2.24, 2.45) is 5.92 Å². The molecule has 3 nitrogen and oxygen atoms in total. The average molecular weight is 699 g/mol. The summed E-state index contributed by atoms with van der Waals surface area (Å²) in [5, 5.41) is 0. The molecule has 13 heteroatoms. The first-order chi connectivity index (χ1) is 23.3. The van der Waals surface area contributed by atoms with Crippen molar-refractivity contribution in [3.05, 3.63) is 124 Å². The Morgan fingerprint density at radius 1 is 0.714 bits per heavy atom. The smallest absolute Gasteiger partial charge is 0.429 e. The molecule has 0 N–H and O–H groups in total. The standard InChI is InChI=1S/C36H28F10O3/c1-2-3-4-5-19-17-47-35(48-18-19)22-10-11-25(26(37)12-22)20-6-8-21(9-7-20)32(42)33(43)23-13-27(38)31(28(39)14-23)36(45,46)49-24-15-29(40)34(44)30(41)16-24/h6-16,19,35H,2-5,17-18H2,1H3/b33-32+. The molecule has 0 saturated carbocycles. The summed E-state index contributed by atoms with van der Waals surface area (Å²) in [6.45, 7) is 3.09. The Hall–Kier alpha value is -4.36. The van der Waals surface area contributed by atoms with Gasteiger partial charge in [-0.3, -0.25) is 0 Å². The molecule has 1 aliphatic rings. The number of hydrogen-bond donors (Lipinski definition) is 0. The topological polar surface area (TPSA) is 27.7 Å². The van der Waals surface area contributed by atoms with Gasteiger partial charge < -0.3 is 14.2 Å². The van der Waals surface area contributed by atoms with Crippen molar-refractivity contribution in [3.8, 4) is 16.9 Å². The summed E-state index contributed by atoms with van der Waals surface area (Å²) in [5.74, 6) is -15.1. The maximum absolute atomic E-state index is 15.1. The minimum Gasteiger partial charge on any atom is -0.429 e. The molecule has 0 amide bonds. The zero-order valence-corrected chi connectivity index (χ0v) is 25.8. The Balaban J connectivity index is 1.30. The van der Waals surface area contributed by atoms with Gasteiger partial charge in [-0.1, -0.05) is 62.6 Å². The molecule has 0 unspecified atom stereocenters. The van der Waals surface area contributed by atoms with Gasteiger partial charge in [-0.05, 0) is 30.2 Å². The third-order valence-corrected chi connectivity index (χ3v) is 7.88. The van der Waals surface area contributed by atoms with Gasteiger partial charge in [0.05, 0.1) is 13.2 Å². The molecule has 1 aliphatic heterocycles. The fourth-order valence-corrected chi connectivity index (χ4v) is 5.32. The molecule has 0 radical (unpaired) electrons. The molecule has 4 aromatic rings. The van der Waals surface area contributed by atoms with Crippen molar-refractivity contribution in [3.63, 3.8) is 0 Å². The van der Waals surface area contributed by atoms with E-state index in [9.17, 15) is 30.7 Å². The van der Waals surface area contributed by atoms with Gasteiger partial charge >= 0.3 is 6.11 Å². The minimum atomic E-state index is -4.92. The minimum absolute atomic E-state index is 0.0220. The molecule has 4 aromatic carbocycles. The SMILES string of the molecule is CCCCCC1COC(c2ccc(-c3ccc(/C(F)=C(\F)c4cc(F)c(C(F)(F)Oc5cc(F)c(F)c(F)c5)c(F)c4)cc3)c(F)c2)OC1. The van der Waals surface area contributed by atoms with Crippen LogP contribution in [0.15, 0.2) is 66.7 Å². The van der Waals surface area contributed by atoms with Crippen LogP contribution in [-0.4, -0.2) is 13.2 Å². The van der Waals surface area contributed by atoms with Crippen molar-refractivity contribution >= 4 is 11.7 Å². The van der Waals surface area contributed by atoms with Gasteiger partial charge in [0, 0.05) is 40.3 Å². The lowest BCUT2D eigenvalue weighted by Crippen LogP contribution is -2.27. The summed E-state index contributed by atoms with van der Waals surface area (Å²) in [7, 11) is 0. The summed E-state index contributed by atoms with van der Waals surface area (Å²) in [4.78, 5) is 0. The number of rotatable bonds is 11. The average Bonchev–Trinajstić information content (AvgIpc) is 3.06. The molecular formula is C36H28F10O3. The van der Waals surface area contributed by atoms with Crippen LogP contribution in [-0.2, 0) is 15.6 Å². The monoisotopic (exact) mass is 698 g/mol. The van der Waals surface area contributed by atoms with Crippen LogP contribution < -0.4 is 4.74 Å². The second-order valence-corrected chi connectivity index (χ2v) is 11.4. The van der Waals surface area contributed by atoms with Gasteiger partial charge in [-0.15, -0.1) is 0 Å². The van der Waals surface area contributed by atoms with E-state index in [0.717, 1.165) is 37.8 Å². The first-order valence-corrected chi connectivity index (χ1v) is 15.2. The Labute approximate surface area is 274 Å². The van der Waals surface area contributed by atoms with Crippen molar-refractivity contribution in [1.29, 1.82) is 0 Å². The third kappa shape index (κ3) is 8.10. The molecule has 0 aliphatic carbocycles. The first-order valence-electron chi connectivity index (χ1n) is 15.2. The van der Waals surface area contributed by atoms with Crippen LogP contribution >= 0.6 is 0 Å². The Morgan fingerprint density at radius 2 is 1.31 bits per heavy atom. The molecule has 1 heterocycles. The highest BCUT2D eigenvalue weighted by Crippen LogP contribution is 2.39. The molecule has 260 valence electrons. The molecule has 0 spiro atoms. The lowest BCUT2D eigenvalue weighted by Gasteiger charge is -2.29. The van der Waals surface area contributed by atoms with Crippen LogP contribution in [0, 0.1) is 40.8 Å². The largest absolute Gasteiger partial charge is 0.432 e. The summed E-state index contributed by atoms with van der Waals surface area (Å²) < 4.78 is 159. The number of halogens is 10. The predicted molar refractivity (Wildman–Crippen MR) is 160 cm³/mol. The summed E-state index contributed by atoms with van der Waals surface area (Å²) >= 11 is 0. The molecule has 0 atom stereocenters. The quantitative estimate of drug-likeness (QED) is 0.0676. The van der Waals surface area contributed by atoms with E-state index in [0.29, 0.717) is 18.8 Å². The van der Waals surface area contributed by atoms with Crippen LogP contribution in [0.3, 0.4) is 0 Å². The van der Waals surface area contributed by atoms with Gasteiger partial charge in [-0.2, -0.15) is 8.78 Å². The zero-order chi connectivity index (χ0) is 35.5. The summed E-state index contributed by atoms with van der Waals surface area (Å²) in [5.41, 5.74) is -2.73. The molecular weight excluding hydrogens is 670 g/mol. The molecule has 1 fully saturated rings. The Morgan fingerprint density at radius 3 is 1.88 bits per heavy atom. The van der Waals surface area contributed by atoms with Crippen molar-refractivity contribution in [2.75, 3.05) is 13.2 Å². The van der Waals surface area contributed by atoms with Crippen LogP contribution in [0.4, 0.5) is 43.9 Å². The third-order valence-electron chi connectivity index (χ3n) is 7.88. The highest BCUT2D eigenvalue weighted by Gasteiger charge is 2.42. The van der Waals surface area contributed by atoms with Crippen molar-refractivity contribution in [2.45, 2.75) is 45.0 Å². The fraction of sp³-hybridized carbons (Fsp3) is 0.278. The van der Waals surface area contributed by atoms with E-state index >= 15 is 13.2 Å². The fourth-order valence-electron chi connectivity index (χ4n) is 5.32. The highest BCUT2D eigenvalue weighted by atomic mass is 19.3. The maximum atomic E-state index is 15.1. The molecule has 1 saturated heterocycles. The van der Waals surface area contributed by atoms with Crippen LogP contribution in [0.1, 0.15) is 61.2 Å². The molecule has 49 heavy (non-hydrogen) atoms. The van der Waals surface area contributed by atoms with Gasteiger partial charge in [0.2, 0.25) is 0 Å². The van der Waals surface area contributed by atoms with E-state index in [1.807, 2.05) is 0 Å². The van der Waals surface area contributed by atoms with Crippen molar-refractivity contribution < 1.29 is 58.1 Å². The van der Waals surface area contributed by atoms with Gasteiger partial charge in [0.1, 0.15) is 28.8 Å². The zero-order valence-electron chi connectivity index (χ0n) is 25.8. The Kier molecular flexibility index (Phi) is 11.0. The Bertz CT molecular complexity index is 1790. The number of alkyl halides is 2. The number of hydrogen-bond acceptors (Lipinski definition) is 3. The molecule has 0 bridgehead atoms.